The maximum absolute atomic E-state index is 13.1. The minimum absolute atomic E-state index is 0.105. The molecule has 93 heavy (non-hydrogen) atoms. The summed E-state index contributed by atoms with van der Waals surface area (Å²) in [4.78, 5) is 72.8. The topological polar surface area (TPSA) is 237 Å². The lowest BCUT2D eigenvalue weighted by Gasteiger charge is -2.21. The van der Waals surface area contributed by atoms with Crippen LogP contribution in [0.25, 0.3) is 0 Å². The number of hydrogen-bond donors (Lipinski definition) is 3. The Bertz CT molecular complexity index is 1840. The van der Waals surface area contributed by atoms with Crippen LogP contribution in [-0.2, 0) is 65.4 Å². The molecular weight excluding hydrogens is 1220 g/mol. The molecule has 0 fully saturated rings. The van der Waals surface area contributed by atoms with Crippen molar-refractivity contribution in [3.8, 4) is 0 Å². The van der Waals surface area contributed by atoms with Gasteiger partial charge in [0, 0.05) is 25.7 Å². The van der Waals surface area contributed by atoms with Crippen LogP contribution in [0.15, 0.2) is 0 Å². The van der Waals surface area contributed by atoms with E-state index >= 15 is 0 Å². The Morgan fingerprint density at radius 2 is 0.516 bits per heavy atom. The number of phosphoric ester groups is 2. The van der Waals surface area contributed by atoms with Crippen LogP contribution in [0.2, 0.25) is 0 Å². The van der Waals surface area contributed by atoms with Crippen LogP contribution in [0.3, 0.4) is 0 Å². The van der Waals surface area contributed by atoms with E-state index in [1.807, 2.05) is 0 Å². The summed E-state index contributed by atoms with van der Waals surface area (Å²) in [6.45, 7) is 14.2. The summed E-state index contributed by atoms with van der Waals surface area (Å²) >= 11 is 0. The molecule has 3 N–H and O–H groups in total. The first kappa shape index (κ1) is 91.1. The summed E-state index contributed by atoms with van der Waals surface area (Å²) < 4.78 is 68.5. The third kappa shape index (κ3) is 65.8. The van der Waals surface area contributed by atoms with Crippen LogP contribution in [0.4, 0.5) is 0 Å². The molecule has 0 radical (unpaired) electrons. The van der Waals surface area contributed by atoms with Crippen molar-refractivity contribution < 1.29 is 80.2 Å². The van der Waals surface area contributed by atoms with Gasteiger partial charge in [0.25, 0.3) is 0 Å². The van der Waals surface area contributed by atoms with Crippen molar-refractivity contribution in [2.75, 3.05) is 39.6 Å². The third-order valence-corrected chi connectivity index (χ3v) is 19.7. The highest BCUT2D eigenvalue weighted by Crippen LogP contribution is 2.45. The van der Waals surface area contributed by atoms with E-state index in [9.17, 15) is 43.2 Å². The Labute approximate surface area is 568 Å². The average molecular weight is 1370 g/mol. The maximum atomic E-state index is 13.1. The lowest BCUT2D eigenvalue weighted by molar-refractivity contribution is -0.161. The molecule has 19 heteroatoms. The van der Waals surface area contributed by atoms with Crippen molar-refractivity contribution in [3.05, 3.63) is 0 Å². The number of hydrogen-bond acceptors (Lipinski definition) is 15. The Hall–Kier alpha value is -1.94. The summed E-state index contributed by atoms with van der Waals surface area (Å²) in [5, 5.41) is 10.6. The molecule has 0 saturated heterocycles. The van der Waals surface area contributed by atoms with Crippen molar-refractivity contribution in [1.82, 2.24) is 0 Å². The molecule has 0 bridgehead atoms. The smallest absolute Gasteiger partial charge is 0.462 e. The molecule has 0 aromatic rings. The summed E-state index contributed by atoms with van der Waals surface area (Å²) in [5.41, 5.74) is 0. The first-order valence-electron chi connectivity index (χ1n) is 38.3. The van der Waals surface area contributed by atoms with Gasteiger partial charge in [0.15, 0.2) is 12.2 Å². The summed E-state index contributed by atoms with van der Waals surface area (Å²) in [5.74, 6) is 0.980. The number of unbranched alkanes of at least 4 members (excludes halogenated alkanes) is 35. The van der Waals surface area contributed by atoms with E-state index < -0.39 is 97.5 Å². The van der Waals surface area contributed by atoms with E-state index in [1.54, 1.807) is 0 Å². The van der Waals surface area contributed by atoms with E-state index in [2.05, 4.69) is 55.4 Å². The normalized spacial score (nSPS) is 14.8. The quantitative estimate of drug-likeness (QED) is 0.0222. The molecule has 0 amide bonds. The second-order valence-corrected chi connectivity index (χ2v) is 31.0. The van der Waals surface area contributed by atoms with Crippen LogP contribution in [-0.4, -0.2) is 96.7 Å². The highest BCUT2D eigenvalue weighted by molar-refractivity contribution is 7.47. The zero-order valence-corrected chi connectivity index (χ0v) is 62.7. The number of aliphatic hydroxyl groups is 1. The standard InChI is InChI=1S/C74H144O17P2/c1-9-66(7)52-44-36-28-19-14-16-22-32-40-48-56-73(78)90-69(60-84-71(76)54-46-38-30-21-13-11-12-18-26-34-42-50-64(3)4)62-88-92(80,81)86-58-68(75)59-87-93(82,83)89-63-70(61-85-72(77)55-47-39-31-25-24-27-35-43-51-65(5)6)91-74(79)57-49-41-33-23-17-15-20-29-37-45-53-67(8)10-2/h64-70,75H,9-63H2,1-8H3,(H,80,81)(H,82,83)/t66?,67?,68?,69-,70-/m1/s1. The fraction of sp³-hybridized carbons (Fsp3) is 0.946. The van der Waals surface area contributed by atoms with Gasteiger partial charge in [-0.05, 0) is 49.4 Å². The van der Waals surface area contributed by atoms with Gasteiger partial charge in [0.2, 0.25) is 0 Å². The Morgan fingerprint density at radius 1 is 0.301 bits per heavy atom. The number of esters is 4. The maximum Gasteiger partial charge on any atom is 0.472 e. The lowest BCUT2D eigenvalue weighted by Crippen LogP contribution is -2.30. The number of phosphoric acid groups is 2. The predicted octanol–water partition coefficient (Wildman–Crippen LogP) is 21.3. The molecule has 7 atom stereocenters. The van der Waals surface area contributed by atoms with Crippen LogP contribution in [0, 0.1) is 23.7 Å². The van der Waals surface area contributed by atoms with Gasteiger partial charge in [-0.2, -0.15) is 0 Å². The van der Waals surface area contributed by atoms with Crippen LogP contribution in [0.1, 0.15) is 370 Å². The predicted molar refractivity (Wildman–Crippen MR) is 377 cm³/mol. The van der Waals surface area contributed by atoms with Gasteiger partial charge in [0.1, 0.15) is 19.3 Å². The second kappa shape index (κ2) is 63.5. The third-order valence-electron chi connectivity index (χ3n) is 17.8. The zero-order chi connectivity index (χ0) is 68.9. The molecule has 0 aromatic carbocycles. The molecule has 0 aromatic heterocycles. The van der Waals surface area contributed by atoms with Crippen molar-refractivity contribution in [2.24, 2.45) is 23.7 Å². The van der Waals surface area contributed by atoms with Crippen molar-refractivity contribution in [3.63, 3.8) is 0 Å². The zero-order valence-electron chi connectivity index (χ0n) is 60.9. The number of rotatable bonds is 71. The fourth-order valence-corrected chi connectivity index (χ4v) is 12.7. The highest BCUT2D eigenvalue weighted by Gasteiger charge is 2.30. The molecule has 0 aliphatic carbocycles. The molecule has 0 heterocycles. The minimum Gasteiger partial charge on any atom is -0.462 e. The van der Waals surface area contributed by atoms with Crippen LogP contribution < -0.4 is 0 Å². The van der Waals surface area contributed by atoms with Gasteiger partial charge in [0.05, 0.1) is 26.4 Å². The molecule has 0 rings (SSSR count). The summed E-state index contributed by atoms with van der Waals surface area (Å²) in [6, 6.07) is 0. The van der Waals surface area contributed by atoms with E-state index in [0.717, 1.165) is 114 Å². The van der Waals surface area contributed by atoms with Crippen LogP contribution >= 0.6 is 15.6 Å². The largest absolute Gasteiger partial charge is 0.472 e. The molecular formula is C74H144O17P2. The summed E-state index contributed by atoms with van der Waals surface area (Å²) in [7, 11) is -9.91. The van der Waals surface area contributed by atoms with Gasteiger partial charge >= 0.3 is 39.5 Å². The number of aliphatic hydroxyl groups excluding tert-OH is 1. The summed E-state index contributed by atoms with van der Waals surface area (Å²) in [6.07, 6.45) is 47.0. The number of ether oxygens (including phenoxy) is 4. The molecule has 0 aliphatic heterocycles. The number of carbonyl (C=O) groups is 4. The Balaban J connectivity index is 5.28. The minimum atomic E-state index is -4.96. The van der Waals surface area contributed by atoms with E-state index in [-0.39, 0.29) is 25.7 Å². The van der Waals surface area contributed by atoms with E-state index in [1.165, 1.54) is 173 Å². The Kier molecular flexibility index (Phi) is 62.2. The van der Waals surface area contributed by atoms with E-state index in [4.69, 9.17) is 37.0 Å². The average Bonchev–Trinajstić information content (AvgIpc) is 2.86. The van der Waals surface area contributed by atoms with Gasteiger partial charge in [-0.15, -0.1) is 0 Å². The lowest BCUT2D eigenvalue weighted by atomic mass is 9.99. The SMILES string of the molecule is CCC(C)CCCCCCCCCCCCC(=O)O[C@H](COC(=O)CCCCCCCCCCCCCC(C)C)COP(=O)(O)OCC(O)COP(=O)(O)OC[C@@H](COC(=O)CCCCCCCCCCC(C)C)OC(=O)CCCCCCCCCCCCC(C)CC. The van der Waals surface area contributed by atoms with Gasteiger partial charge < -0.3 is 33.8 Å². The molecule has 5 unspecified atom stereocenters. The highest BCUT2D eigenvalue weighted by atomic mass is 31.2. The fourth-order valence-electron chi connectivity index (χ4n) is 11.1. The first-order chi connectivity index (χ1) is 44.7. The first-order valence-corrected chi connectivity index (χ1v) is 41.3. The van der Waals surface area contributed by atoms with Gasteiger partial charge in [-0.25, -0.2) is 9.13 Å². The molecule has 0 saturated carbocycles. The molecule has 552 valence electrons. The van der Waals surface area contributed by atoms with Gasteiger partial charge in [-0.3, -0.25) is 37.3 Å². The van der Waals surface area contributed by atoms with Crippen molar-refractivity contribution in [1.29, 1.82) is 0 Å². The van der Waals surface area contributed by atoms with E-state index in [0.29, 0.717) is 25.7 Å². The second-order valence-electron chi connectivity index (χ2n) is 28.1. The van der Waals surface area contributed by atoms with Crippen molar-refractivity contribution >= 4 is 39.5 Å². The van der Waals surface area contributed by atoms with Crippen LogP contribution in [0.5, 0.6) is 0 Å². The molecule has 0 aliphatic rings. The number of carbonyl (C=O) groups excluding carboxylic acids is 4. The van der Waals surface area contributed by atoms with Crippen molar-refractivity contribution in [2.45, 2.75) is 388 Å². The Morgan fingerprint density at radius 3 is 0.763 bits per heavy atom. The van der Waals surface area contributed by atoms with Gasteiger partial charge in [-0.1, -0.05) is 319 Å². The molecule has 0 spiro atoms. The monoisotopic (exact) mass is 1370 g/mol. The molecule has 17 nitrogen and oxygen atoms in total.